The fraction of sp³-hybridized carbons (Fsp3) is 0.833. The number of rotatable bonds is 25. The van der Waals surface area contributed by atoms with Crippen LogP contribution in [0.5, 0.6) is 0 Å². The number of ether oxygens (including phenoxy) is 7. The predicted octanol–water partition coefficient (Wildman–Crippen LogP) is -0.0896. The molecule has 0 saturated carbocycles. The molecule has 0 radical (unpaired) electrons. The van der Waals surface area contributed by atoms with Crippen LogP contribution in [0.15, 0.2) is 0 Å². The summed E-state index contributed by atoms with van der Waals surface area (Å²) < 4.78 is 34.2. The molecule has 4 atom stereocenters. The van der Waals surface area contributed by atoms with E-state index in [1.807, 2.05) is 0 Å². The molecular formula is C24H50O12Rf2-4. The topological polar surface area (TPSA) is 166 Å². The molecule has 0 aliphatic carbocycles. The molecule has 5 N–H and O–H groups in total. The van der Waals surface area contributed by atoms with Crippen LogP contribution in [-0.2, 0) is 33.2 Å². The van der Waals surface area contributed by atoms with Crippen LogP contribution in [0.1, 0.15) is 25.7 Å². The van der Waals surface area contributed by atoms with Crippen molar-refractivity contribution in [2.45, 2.75) is 50.1 Å². The Bertz CT molecular complexity index is 383. The van der Waals surface area contributed by atoms with Crippen molar-refractivity contribution >= 4 is 0 Å². The van der Waals surface area contributed by atoms with Gasteiger partial charge in [0.1, 0.15) is 6.10 Å². The number of aliphatic hydroxyl groups is 5. The van der Waals surface area contributed by atoms with Crippen LogP contribution in [0.4, 0.5) is 0 Å². The molecule has 0 aromatic heterocycles. The minimum Gasteiger partial charge on any atom is -0.553 e. The van der Waals surface area contributed by atoms with E-state index in [0.29, 0.717) is 39.3 Å². The molecule has 38 heavy (non-hydrogen) atoms. The molecule has 0 spiro atoms. The summed E-state index contributed by atoms with van der Waals surface area (Å²) in [6.45, 7) is 3.27. The van der Waals surface area contributed by atoms with E-state index in [2.05, 4.69) is 35.5 Å². The first kappa shape index (κ1) is 45.4. The van der Waals surface area contributed by atoms with Crippen molar-refractivity contribution in [3.05, 3.63) is 28.8 Å². The van der Waals surface area contributed by atoms with Crippen LogP contribution in [0.25, 0.3) is 0 Å². The van der Waals surface area contributed by atoms with Crippen molar-refractivity contribution in [2.24, 2.45) is 0 Å². The first-order chi connectivity index (χ1) is 16.9. The Morgan fingerprint density at radius 2 is 0.842 bits per heavy atom. The molecule has 12 nitrogen and oxygen atoms in total. The Morgan fingerprint density at radius 1 is 0.474 bits per heavy atom. The number of unbranched alkanes of at least 4 members (excludes halogenated alkanes) is 1. The smallest absolute Gasteiger partial charge is 0.101 e. The van der Waals surface area contributed by atoms with Gasteiger partial charge in [-0.3, -0.25) is 0 Å². The van der Waals surface area contributed by atoms with Gasteiger partial charge >= 0.3 is 0 Å². The average molecular weight is 1060 g/mol. The van der Waals surface area contributed by atoms with E-state index in [1.165, 1.54) is 0 Å². The Hall–Kier alpha value is -2.48. The van der Waals surface area contributed by atoms with Gasteiger partial charge in [-0.2, -0.15) is 0 Å². The van der Waals surface area contributed by atoms with E-state index in [1.54, 1.807) is 0 Å². The molecule has 226 valence electrons. The Labute approximate surface area is 217 Å². The zero-order valence-corrected chi connectivity index (χ0v) is 36.1. The molecule has 0 aliphatic heterocycles. The second kappa shape index (κ2) is 36.7. The molecule has 0 fully saturated rings. The molecule has 0 saturated heterocycles. The zero-order chi connectivity index (χ0) is 26.6. The van der Waals surface area contributed by atoms with Crippen molar-refractivity contribution in [3.8, 4) is 0 Å². The van der Waals surface area contributed by atoms with Gasteiger partial charge < -0.3 is 66.1 Å². The van der Waals surface area contributed by atoms with Gasteiger partial charge in [-0.15, -0.1) is 0 Å². The van der Waals surface area contributed by atoms with Crippen LogP contribution >= 0.6 is 0 Å². The second-order valence-corrected chi connectivity index (χ2v) is 7.57. The SMILES string of the molecule is [CH2-]OCC(O)CCOCCCCOCCC(O)CO[CH2-].[CH2-]OCC(O)COCC(O)COCCO.[CH3-].[Rf].[Rf]. The van der Waals surface area contributed by atoms with Crippen molar-refractivity contribution in [1.29, 1.82) is 0 Å². The quantitative estimate of drug-likeness (QED) is 0.0612. The van der Waals surface area contributed by atoms with Gasteiger partial charge in [-0.1, -0.05) is 0 Å². The molecule has 0 aromatic carbocycles. The molecule has 0 heterocycles. The van der Waals surface area contributed by atoms with Gasteiger partial charge in [0, 0.05) is 46.2 Å². The maximum Gasteiger partial charge on any atom is 0.101 e. The molecule has 0 aliphatic rings. The van der Waals surface area contributed by atoms with Crippen LogP contribution in [0.2, 0.25) is 0 Å². The number of aliphatic hydroxyl groups excluding tert-OH is 5. The number of hydrogen-bond acceptors (Lipinski definition) is 12. The van der Waals surface area contributed by atoms with E-state index in [4.69, 9.17) is 29.2 Å². The summed E-state index contributed by atoms with van der Waals surface area (Å²) in [5, 5.41) is 45.5. The Kier molecular flexibility index (Phi) is 43.9. The van der Waals surface area contributed by atoms with Gasteiger partial charge in [-0.05, 0) is 25.7 Å². The molecule has 0 aromatic rings. The maximum absolute atomic E-state index is 9.33. The molecule has 0 bridgehead atoms. The molecular weight excluding hydrogens is 1010 g/mol. The van der Waals surface area contributed by atoms with Crippen molar-refractivity contribution in [1.82, 2.24) is 0 Å². The first-order valence-corrected chi connectivity index (χ1v) is 11.7. The third-order valence-corrected chi connectivity index (χ3v) is 4.12. The van der Waals surface area contributed by atoms with Crippen molar-refractivity contribution in [2.75, 3.05) is 79.3 Å². The fourth-order valence-electron chi connectivity index (χ4n) is 2.35. The van der Waals surface area contributed by atoms with Crippen molar-refractivity contribution in [3.63, 3.8) is 0 Å². The van der Waals surface area contributed by atoms with Gasteiger partial charge in [0.05, 0.1) is 51.3 Å². The summed E-state index contributed by atoms with van der Waals surface area (Å²) in [6.07, 6.45) is 0.404. The van der Waals surface area contributed by atoms with E-state index >= 15 is 0 Å². The van der Waals surface area contributed by atoms with Gasteiger partial charge in [0.15, 0.2) is 0 Å². The first-order valence-electron chi connectivity index (χ1n) is 11.7. The van der Waals surface area contributed by atoms with Gasteiger partial charge in [0.25, 0.3) is 0 Å². The largest absolute Gasteiger partial charge is 0.553 e. The summed E-state index contributed by atoms with van der Waals surface area (Å²) in [5.74, 6) is 0. The van der Waals surface area contributed by atoms with Crippen LogP contribution in [0.3, 0.4) is 0 Å². The van der Waals surface area contributed by atoms with Gasteiger partial charge in [0.2, 0.25) is 0 Å². The molecule has 0 rings (SSSR count). The second-order valence-electron chi connectivity index (χ2n) is 7.57. The van der Waals surface area contributed by atoms with Crippen molar-refractivity contribution < 1.29 is 58.7 Å². The Morgan fingerprint density at radius 3 is 1.24 bits per heavy atom. The van der Waals surface area contributed by atoms with Crippen LogP contribution in [0, 0.1) is 28.8 Å². The average Bonchev–Trinajstić information content (AvgIpc) is 2.81. The number of hydrogen-bond donors (Lipinski definition) is 5. The Balaban J connectivity index is -0.000000183. The summed E-state index contributed by atoms with van der Waals surface area (Å²) in [4.78, 5) is 0. The van der Waals surface area contributed by atoms with E-state index in [-0.39, 0.29) is 60.3 Å². The summed E-state index contributed by atoms with van der Waals surface area (Å²) in [7, 11) is 9.51. The van der Waals surface area contributed by atoms with E-state index in [9.17, 15) is 15.3 Å². The predicted molar refractivity (Wildman–Crippen MR) is 133 cm³/mol. The van der Waals surface area contributed by atoms with E-state index in [0.717, 1.165) is 12.8 Å². The van der Waals surface area contributed by atoms with Crippen LogP contribution in [-0.4, -0.2) is 129 Å². The molecule has 14 heteroatoms. The minimum atomic E-state index is -0.760. The minimum absolute atomic E-state index is 0. The van der Waals surface area contributed by atoms with E-state index < -0.39 is 24.4 Å². The normalized spacial score (nSPS) is 13.6. The van der Waals surface area contributed by atoms with Crippen LogP contribution < -0.4 is 0 Å². The maximum atomic E-state index is 9.33. The summed E-state index contributed by atoms with van der Waals surface area (Å²) >= 11 is 0. The van der Waals surface area contributed by atoms with Gasteiger partial charge in [-0.25, -0.2) is 21.3 Å². The fourth-order valence-corrected chi connectivity index (χ4v) is 2.35. The molecule has 4 unspecified atom stereocenters. The molecule has 0 amide bonds. The summed E-state index contributed by atoms with van der Waals surface area (Å²) in [5.41, 5.74) is 0. The standard InChI is InChI=1S/C14H28O6.C9H19O6.CH3.2Rf/c1-17-11-13(15)5-9-19-7-3-4-8-20-10-6-14(16)12-18-2;1-13-4-8(11)6-15-7-9(12)5-14-3-2-10;;;/h13-16H,1-12H2;8-12H,1-7H2;1H3;;/q-2;2*-1;;. The summed E-state index contributed by atoms with van der Waals surface area (Å²) in [6, 6.07) is 0. The third kappa shape index (κ3) is 38.1. The third-order valence-electron chi connectivity index (χ3n) is 4.12. The zero-order valence-electron chi connectivity index (χ0n) is 23.3. The monoisotopic (exact) mass is 1060 g/mol.